The van der Waals surface area contributed by atoms with Gasteiger partial charge in [0.2, 0.25) is 0 Å². The number of hydrogen-bond donors (Lipinski definition) is 0. The Balaban J connectivity index is 0.000000181. The minimum absolute atomic E-state index is 0.00338. The fourth-order valence-corrected chi connectivity index (χ4v) is 16.3. The molecular formula is C51H76O8. The van der Waals surface area contributed by atoms with Crippen LogP contribution >= 0.6 is 0 Å². The van der Waals surface area contributed by atoms with Crippen LogP contribution in [-0.4, -0.2) is 47.3 Å². The molecule has 0 spiro atoms. The van der Waals surface area contributed by atoms with E-state index in [1.807, 2.05) is 6.92 Å². The molecule has 0 aliphatic heterocycles. The lowest BCUT2D eigenvalue weighted by Gasteiger charge is -2.58. The predicted octanol–water partition coefficient (Wildman–Crippen LogP) is 9.95. The molecule has 0 aromatic carbocycles. The van der Waals surface area contributed by atoms with Crippen LogP contribution in [-0.2, 0) is 38.3 Å². The summed E-state index contributed by atoms with van der Waals surface area (Å²) in [5.41, 5.74) is -0.858. The van der Waals surface area contributed by atoms with Gasteiger partial charge in [-0.05, 0) is 121 Å². The van der Waals surface area contributed by atoms with E-state index in [-0.39, 0.29) is 87.2 Å². The van der Waals surface area contributed by atoms with E-state index >= 15 is 0 Å². The van der Waals surface area contributed by atoms with E-state index in [2.05, 4.69) is 48.5 Å². The molecule has 16 atom stereocenters. The smallest absolute Gasteiger partial charge is 0.305 e. The van der Waals surface area contributed by atoms with Crippen molar-refractivity contribution in [2.75, 3.05) is 6.61 Å². The second kappa shape index (κ2) is 16.6. The number of rotatable bonds is 9. The van der Waals surface area contributed by atoms with Gasteiger partial charge in [0.25, 0.3) is 0 Å². The average Bonchev–Trinajstić information content (AvgIpc) is 3.74. The fraction of sp³-hybridized carbons (Fsp3) is 0.863. The van der Waals surface area contributed by atoms with Crippen molar-refractivity contribution in [2.24, 2.45) is 92.7 Å². The van der Waals surface area contributed by atoms with Crippen LogP contribution in [0.1, 0.15) is 177 Å². The Morgan fingerprint density at radius 3 is 1.46 bits per heavy atom. The molecule has 8 nitrogen and oxygen atoms in total. The number of fused-ring (bicyclic) bond motifs is 10. The molecule has 59 heavy (non-hydrogen) atoms. The van der Waals surface area contributed by atoms with Crippen molar-refractivity contribution in [2.45, 2.75) is 177 Å². The molecule has 8 saturated carbocycles. The summed E-state index contributed by atoms with van der Waals surface area (Å²) in [5, 5.41) is 0. The zero-order valence-corrected chi connectivity index (χ0v) is 37.8. The number of hydrogen-bond acceptors (Lipinski definition) is 8. The van der Waals surface area contributed by atoms with Crippen LogP contribution in [0, 0.1) is 92.7 Å². The molecular weight excluding hydrogens is 741 g/mol. The van der Waals surface area contributed by atoms with Gasteiger partial charge in [0.1, 0.15) is 34.7 Å². The van der Waals surface area contributed by atoms with Crippen LogP contribution in [0.15, 0.2) is 0 Å². The monoisotopic (exact) mass is 817 g/mol. The largest absolute Gasteiger partial charge is 0.466 e. The lowest BCUT2D eigenvalue weighted by atomic mass is 9.44. The van der Waals surface area contributed by atoms with E-state index in [1.54, 1.807) is 0 Å². The summed E-state index contributed by atoms with van der Waals surface area (Å²) in [7, 11) is 0. The van der Waals surface area contributed by atoms with Gasteiger partial charge in [-0.15, -0.1) is 0 Å². The van der Waals surface area contributed by atoms with Gasteiger partial charge in [0.15, 0.2) is 0 Å². The Morgan fingerprint density at radius 1 is 0.593 bits per heavy atom. The Kier molecular flexibility index (Phi) is 12.6. The summed E-state index contributed by atoms with van der Waals surface area (Å²) in [6.45, 7) is 18.0. The summed E-state index contributed by atoms with van der Waals surface area (Å²) < 4.78 is 5.24. The maximum Gasteiger partial charge on any atom is 0.305 e. The van der Waals surface area contributed by atoms with Crippen molar-refractivity contribution in [1.82, 2.24) is 0 Å². The number of ether oxygens (including phenoxy) is 1. The summed E-state index contributed by atoms with van der Waals surface area (Å²) in [6.07, 6.45) is 14.4. The van der Waals surface area contributed by atoms with Crippen LogP contribution in [0.3, 0.4) is 0 Å². The first-order valence-electron chi connectivity index (χ1n) is 24.2. The quantitative estimate of drug-likeness (QED) is 0.211. The average molecular weight is 817 g/mol. The molecule has 8 rings (SSSR count). The van der Waals surface area contributed by atoms with Gasteiger partial charge < -0.3 is 4.74 Å². The van der Waals surface area contributed by atoms with Crippen LogP contribution in [0.25, 0.3) is 0 Å². The highest BCUT2D eigenvalue weighted by atomic mass is 16.5. The summed E-state index contributed by atoms with van der Waals surface area (Å²) in [5.74, 6) is 4.17. The topological polar surface area (TPSA) is 129 Å². The first-order valence-corrected chi connectivity index (χ1v) is 24.2. The summed E-state index contributed by atoms with van der Waals surface area (Å²) in [6, 6.07) is 0. The van der Waals surface area contributed by atoms with E-state index in [0.717, 1.165) is 57.8 Å². The molecule has 8 fully saturated rings. The second-order valence-corrected chi connectivity index (χ2v) is 22.4. The molecule has 8 heteroatoms. The third-order valence-corrected chi connectivity index (χ3v) is 19.8. The van der Waals surface area contributed by atoms with Gasteiger partial charge in [-0.1, -0.05) is 68.2 Å². The molecule has 0 aromatic heterocycles. The van der Waals surface area contributed by atoms with E-state index < -0.39 is 5.41 Å². The number of ketones is 6. The number of carbonyl (C=O) groups excluding carboxylic acids is 7. The first-order chi connectivity index (χ1) is 27.9. The molecule has 0 radical (unpaired) electrons. The zero-order chi connectivity index (χ0) is 42.8. The lowest BCUT2D eigenvalue weighted by molar-refractivity contribution is -0.168. The molecule has 8 aliphatic carbocycles. The molecule has 0 saturated heterocycles. The highest BCUT2D eigenvalue weighted by molar-refractivity contribution is 5.94. The molecule has 0 amide bonds. The maximum absolute atomic E-state index is 13.8. The Bertz CT molecular complexity index is 1710. The number of carbonyl (C=O) groups is 7. The van der Waals surface area contributed by atoms with Gasteiger partial charge in [-0.3, -0.25) is 33.6 Å². The van der Waals surface area contributed by atoms with E-state index in [1.165, 1.54) is 6.42 Å². The molecule has 8 aliphatic rings. The van der Waals surface area contributed by atoms with Crippen molar-refractivity contribution < 1.29 is 38.3 Å². The second-order valence-electron chi connectivity index (χ2n) is 22.4. The van der Waals surface area contributed by atoms with Gasteiger partial charge in [0.05, 0.1) is 6.61 Å². The summed E-state index contributed by atoms with van der Waals surface area (Å²) >= 11 is 0. The molecule has 0 aromatic rings. The highest BCUT2D eigenvalue weighted by Gasteiger charge is 2.68. The molecule has 2 unspecified atom stereocenters. The Hall–Kier alpha value is -2.51. The van der Waals surface area contributed by atoms with Gasteiger partial charge in [-0.2, -0.15) is 0 Å². The van der Waals surface area contributed by atoms with Crippen molar-refractivity contribution >= 4 is 40.7 Å². The minimum Gasteiger partial charge on any atom is -0.466 e. The van der Waals surface area contributed by atoms with Gasteiger partial charge >= 0.3 is 5.97 Å². The first kappa shape index (κ1) is 44.5. The van der Waals surface area contributed by atoms with E-state index in [9.17, 15) is 33.6 Å². The minimum atomic E-state index is -0.475. The Labute approximate surface area is 354 Å². The molecule has 328 valence electrons. The third kappa shape index (κ3) is 7.30. The molecule has 0 bridgehead atoms. The lowest BCUT2D eigenvalue weighted by Crippen LogP contribution is -2.60. The van der Waals surface area contributed by atoms with E-state index in [4.69, 9.17) is 4.74 Å². The molecule has 0 heterocycles. The number of esters is 1. The van der Waals surface area contributed by atoms with Crippen LogP contribution in [0.5, 0.6) is 0 Å². The van der Waals surface area contributed by atoms with Crippen molar-refractivity contribution in [3.05, 3.63) is 0 Å². The highest BCUT2D eigenvalue weighted by Crippen LogP contribution is 2.68. The van der Waals surface area contributed by atoms with Gasteiger partial charge in [-0.25, -0.2) is 0 Å². The fourth-order valence-electron chi connectivity index (χ4n) is 16.3. The SMILES string of the molecule is CCCC(C)[C@H]1CC[C@H]2[C@@H]3C(=O)C[C@@H]4CC(=O)CC[C@]4(C)[C@H]3CC(=O)[C@]12C.CCCOC(=O)CCC(C)[C@H]1CC[C@H]2[C@@H]3C(=O)C[C@@H]4CC(=O)CC[C@]4(C)[C@H]3CC(=O)[C@]12C. The van der Waals surface area contributed by atoms with Crippen LogP contribution in [0.4, 0.5) is 0 Å². The van der Waals surface area contributed by atoms with E-state index in [0.29, 0.717) is 105 Å². The third-order valence-electron chi connectivity index (χ3n) is 19.8. The van der Waals surface area contributed by atoms with Crippen molar-refractivity contribution in [1.29, 1.82) is 0 Å². The predicted molar refractivity (Wildman–Crippen MR) is 226 cm³/mol. The normalized spacial score (nSPS) is 44.8. The van der Waals surface area contributed by atoms with Crippen LogP contribution < -0.4 is 0 Å². The standard InChI is InChI=1S/C27H40O5.C24H36O3/c1-5-12-32-24(31)9-6-16(2)19-7-8-20-25-21(15-23(30)27(19,20)4)26(3)11-10-18(28)13-17(26)14-22(25)29;1-5-6-14(2)17-7-8-18-22-19(13-21(27)24(17,18)4)23(3)10-9-16(25)11-15(23)12-20(22)26/h16-17,19-21,25H,5-15H2,1-4H3;14-15,17-19,22H,5-13H2,1-4H3/t16?,17-,19+,20-,21-,25-,26-,27+;14?,15-,17+,18-,19-,22-,23-,24+/m00/s1. The van der Waals surface area contributed by atoms with Gasteiger partial charge in [0, 0.05) is 80.5 Å². The zero-order valence-electron chi connectivity index (χ0n) is 37.8. The van der Waals surface area contributed by atoms with Crippen molar-refractivity contribution in [3.8, 4) is 0 Å². The van der Waals surface area contributed by atoms with Crippen LogP contribution in [0.2, 0.25) is 0 Å². The maximum atomic E-state index is 13.8. The molecule has 0 N–H and O–H groups in total. The van der Waals surface area contributed by atoms with Crippen molar-refractivity contribution in [3.63, 3.8) is 0 Å². The summed E-state index contributed by atoms with van der Waals surface area (Å²) in [4.78, 5) is 90.2. The Morgan fingerprint density at radius 2 is 1.03 bits per heavy atom. The number of Topliss-reactive ketones (excluding diaryl/α,β-unsaturated/α-hetero) is 6.